The van der Waals surface area contributed by atoms with Crippen LogP contribution in [0.4, 0.5) is 5.69 Å². The van der Waals surface area contributed by atoms with Gasteiger partial charge in [0.05, 0.1) is 5.30 Å². The lowest BCUT2D eigenvalue weighted by atomic mass is 10.2. The first-order valence-electron chi connectivity index (χ1n) is 8.29. The Hall–Kier alpha value is -2.71. The molecule has 3 aromatic carbocycles. The minimum atomic E-state index is -2.52. The molecule has 5 heteroatoms. The molecule has 26 heavy (non-hydrogen) atoms. The molecule has 134 valence electrons. The average molecular weight is 367 g/mol. The van der Waals surface area contributed by atoms with Crippen LogP contribution in [-0.2, 0) is 4.57 Å². The number of hydrogen-bond donors (Lipinski definition) is 1. The second kappa shape index (κ2) is 7.27. The number of nitrogens with two attached hydrogens (primary N) is 1. The van der Waals surface area contributed by atoms with Crippen molar-refractivity contribution in [3.8, 4) is 23.0 Å². The summed E-state index contributed by atoms with van der Waals surface area (Å²) in [5.41, 5.74) is 7.52. The molecule has 0 aliphatic rings. The third-order valence-corrected chi connectivity index (χ3v) is 5.35. The van der Waals surface area contributed by atoms with Crippen molar-refractivity contribution in [3.63, 3.8) is 0 Å². The Labute approximate surface area is 153 Å². The fraction of sp³-hybridized carbons (Fsp3) is 0.143. The normalized spacial score (nSPS) is 11.2. The Morgan fingerprint density at radius 2 is 1.46 bits per heavy atom. The predicted molar refractivity (Wildman–Crippen MR) is 108 cm³/mol. The van der Waals surface area contributed by atoms with Crippen LogP contribution >= 0.6 is 7.14 Å². The van der Waals surface area contributed by atoms with Gasteiger partial charge < -0.3 is 19.8 Å². The van der Waals surface area contributed by atoms with Crippen LogP contribution in [0.5, 0.6) is 23.0 Å². The minimum Gasteiger partial charge on any atom is -0.457 e. The molecule has 0 aromatic heterocycles. The molecule has 0 bridgehead atoms. The molecule has 0 aliphatic heterocycles. The molecule has 0 radical (unpaired) electrons. The molecule has 3 aromatic rings. The van der Waals surface area contributed by atoms with Crippen molar-refractivity contribution in [3.05, 3.63) is 72.3 Å². The third kappa shape index (κ3) is 4.47. The average Bonchev–Trinajstić information content (AvgIpc) is 2.54. The fourth-order valence-corrected chi connectivity index (χ4v) is 3.68. The van der Waals surface area contributed by atoms with E-state index >= 15 is 0 Å². The van der Waals surface area contributed by atoms with Crippen molar-refractivity contribution in [2.75, 3.05) is 19.1 Å². The number of anilines is 1. The van der Waals surface area contributed by atoms with E-state index in [1.807, 2.05) is 43.3 Å². The van der Waals surface area contributed by atoms with Crippen LogP contribution < -0.4 is 20.5 Å². The number of ether oxygens (including phenoxy) is 2. The molecule has 3 rings (SSSR count). The molecule has 0 fully saturated rings. The molecule has 0 spiro atoms. The van der Waals surface area contributed by atoms with Crippen LogP contribution in [0.15, 0.2) is 66.7 Å². The second-order valence-electron chi connectivity index (χ2n) is 6.57. The summed E-state index contributed by atoms with van der Waals surface area (Å²) in [6, 6.07) is 20.3. The predicted octanol–water partition coefficient (Wildman–Crippen LogP) is 5.41. The Morgan fingerprint density at radius 1 is 0.808 bits per heavy atom. The molecule has 0 saturated carbocycles. The maximum Gasteiger partial charge on any atom is 0.141 e. The summed E-state index contributed by atoms with van der Waals surface area (Å²) in [7, 11) is -2.52. The van der Waals surface area contributed by atoms with Crippen LogP contribution in [0.3, 0.4) is 0 Å². The summed E-state index contributed by atoms with van der Waals surface area (Å²) >= 11 is 0. The zero-order chi connectivity index (χ0) is 18.7. The quantitative estimate of drug-likeness (QED) is 0.484. The van der Waals surface area contributed by atoms with Gasteiger partial charge in [-0.25, -0.2) is 0 Å². The highest BCUT2D eigenvalue weighted by Crippen LogP contribution is 2.41. The summed E-state index contributed by atoms with van der Waals surface area (Å²) in [5, 5.41) is 0.680. The van der Waals surface area contributed by atoms with Crippen molar-refractivity contribution in [1.29, 1.82) is 0 Å². The summed E-state index contributed by atoms with van der Waals surface area (Å²) in [6.07, 6.45) is 0. The third-order valence-electron chi connectivity index (χ3n) is 3.82. The maximum absolute atomic E-state index is 12.7. The Morgan fingerprint density at radius 3 is 2.12 bits per heavy atom. The van der Waals surface area contributed by atoms with E-state index in [1.165, 1.54) is 0 Å². The fourth-order valence-electron chi connectivity index (χ4n) is 2.60. The topological polar surface area (TPSA) is 61.6 Å². The zero-order valence-corrected chi connectivity index (χ0v) is 16.0. The molecule has 4 nitrogen and oxygen atoms in total. The van der Waals surface area contributed by atoms with Gasteiger partial charge in [-0.1, -0.05) is 18.2 Å². The van der Waals surface area contributed by atoms with Crippen LogP contribution in [0.1, 0.15) is 5.56 Å². The van der Waals surface area contributed by atoms with Crippen molar-refractivity contribution in [2.45, 2.75) is 6.92 Å². The van der Waals surface area contributed by atoms with Crippen molar-refractivity contribution < 1.29 is 14.0 Å². The number of hydrogen-bond acceptors (Lipinski definition) is 4. The van der Waals surface area contributed by atoms with E-state index in [0.717, 1.165) is 5.56 Å². The Balaban J connectivity index is 1.97. The van der Waals surface area contributed by atoms with Gasteiger partial charge in [0.2, 0.25) is 0 Å². The highest BCUT2D eigenvalue weighted by Gasteiger charge is 2.19. The van der Waals surface area contributed by atoms with Gasteiger partial charge in [-0.05, 0) is 62.2 Å². The van der Waals surface area contributed by atoms with E-state index in [0.29, 0.717) is 34.0 Å². The highest BCUT2D eigenvalue weighted by molar-refractivity contribution is 7.70. The van der Waals surface area contributed by atoms with Gasteiger partial charge in [-0.3, -0.25) is 0 Å². The maximum atomic E-state index is 12.7. The van der Waals surface area contributed by atoms with E-state index in [1.54, 1.807) is 43.7 Å². The molecule has 0 unspecified atom stereocenters. The van der Waals surface area contributed by atoms with Crippen LogP contribution in [0.25, 0.3) is 0 Å². The molecular formula is C21H22NO3P. The summed E-state index contributed by atoms with van der Waals surface area (Å²) in [4.78, 5) is 0. The Bertz CT molecular complexity index is 978. The van der Waals surface area contributed by atoms with Crippen molar-refractivity contribution in [2.24, 2.45) is 0 Å². The highest BCUT2D eigenvalue weighted by atomic mass is 31.2. The van der Waals surface area contributed by atoms with Crippen molar-refractivity contribution >= 4 is 18.1 Å². The number of nitrogen functional groups attached to an aromatic ring is 1. The van der Waals surface area contributed by atoms with Gasteiger partial charge in [0.15, 0.2) is 0 Å². The first kappa shape index (κ1) is 18.1. The lowest BCUT2D eigenvalue weighted by Gasteiger charge is -2.16. The zero-order valence-electron chi connectivity index (χ0n) is 15.1. The molecule has 0 saturated heterocycles. The SMILES string of the molecule is Cc1cccc(Oc2cc(Oc3cccc(N)c3)ccc2P(C)(C)=O)c1. The van der Waals surface area contributed by atoms with E-state index in [2.05, 4.69) is 0 Å². The standard InChI is InChI=1S/C21H22NO3P/c1-15-6-4-8-17(12-15)25-20-14-19(10-11-21(20)26(2,3)23)24-18-9-5-7-16(22)13-18/h4-14H,22H2,1-3H3. The van der Waals surface area contributed by atoms with Crippen LogP contribution in [-0.4, -0.2) is 13.3 Å². The van der Waals surface area contributed by atoms with Crippen LogP contribution in [0.2, 0.25) is 0 Å². The van der Waals surface area contributed by atoms with Crippen molar-refractivity contribution in [1.82, 2.24) is 0 Å². The van der Waals surface area contributed by atoms with E-state index in [4.69, 9.17) is 15.2 Å². The lowest BCUT2D eigenvalue weighted by Crippen LogP contribution is -2.07. The molecule has 0 aliphatic carbocycles. The monoisotopic (exact) mass is 367 g/mol. The lowest BCUT2D eigenvalue weighted by molar-refractivity contribution is 0.462. The summed E-state index contributed by atoms with van der Waals surface area (Å²) < 4.78 is 24.6. The molecule has 2 N–H and O–H groups in total. The molecular weight excluding hydrogens is 345 g/mol. The first-order chi connectivity index (χ1) is 12.3. The van der Waals surface area contributed by atoms with E-state index in [-0.39, 0.29) is 0 Å². The molecule has 0 heterocycles. The second-order valence-corrected chi connectivity index (χ2v) is 9.76. The van der Waals surface area contributed by atoms with Gasteiger partial charge in [-0.15, -0.1) is 0 Å². The minimum absolute atomic E-state index is 0.533. The molecule has 0 amide bonds. The number of aryl methyl sites for hydroxylation is 1. The first-order valence-corrected chi connectivity index (χ1v) is 10.9. The molecule has 0 atom stereocenters. The summed E-state index contributed by atoms with van der Waals surface area (Å²) in [5.74, 6) is 2.46. The Kier molecular flexibility index (Phi) is 5.06. The van der Waals surface area contributed by atoms with Gasteiger partial charge in [0.1, 0.15) is 30.1 Å². The van der Waals surface area contributed by atoms with E-state index < -0.39 is 7.14 Å². The summed E-state index contributed by atoms with van der Waals surface area (Å²) in [6.45, 7) is 5.45. The van der Waals surface area contributed by atoms with E-state index in [9.17, 15) is 4.57 Å². The largest absolute Gasteiger partial charge is 0.457 e. The number of rotatable bonds is 5. The van der Waals surface area contributed by atoms with Gasteiger partial charge in [0, 0.05) is 17.8 Å². The van der Waals surface area contributed by atoms with Gasteiger partial charge >= 0.3 is 0 Å². The smallest absolute Gasteiger partial charge is 0.141 e. The number of benzene rings is 3. The van der Waals surface area contributed by atoms with Gasteiger partial charge in [0.25, 0.3) is 0 Å². The van der Waals surface area contributed by atoms with Gasteiger partial charge in [-0.2, -0.15) is 0 Å². The van der Waals surface area contributed by atoms with Crippen LogP contribution in [0, 0.1) is 6.92 Å².